The van der Waals surface area contributed by atoms with E-state index in [4.69, 9.17) is 5.84 Å². The van der Waals surface area contributed by atoms with Crippen molar-refractivity contribution in [2.45, 2.75) is 43.3 Å². The van der Waals surface area contributed by atoms with Crippen LogP contribution < -0.4 is 11.3 Å². The van der Waals surface area contributed by atoms with Crippen molar-refractivity contribution in [3.63, 3.8) is 0 Å². The number of nitrogens with two attached hydrogens (primary N) is 1. The summed E-state index contributed by atoms with van der Waals surface area (Å²) in [7, 11) is 0. The van der Waals surface area contributed by atoms with Crippen molar-refractivity contribution >= 4 is 17.7 Å². The maximum atomic E-state index is 11.2. The largest absolute Gasteiger partial charge is 0.294 e. The van der Waals surface area contributed by atoms with Crippen LogP contribution in [0.25, 0.3) is 0 Å². The number of hydrogen-bond acceptors (Lipinski definition) is 3. The lowest BCUT2D eigenvalue weighted by molar-refractivity contribution is -0.118. The van der Waals surface area contributed by atoms with Gasteiger partial charge in [-0.2, -0.15) is 0 Å². The van der Waals surface area contributed by atoms with Crippen molar-refractivity contribution in [3.8, 4) is 0 Å². The molecule has 3 N–H and O–H groups in total. The van der Waals surface area contributed by atoms with Crippen molar-refractivity contribution in [1.82, 2.24) is 5.43 Å². The molecule has 0 heterocycles. The molecule has 3 nitrogen and oxygen atoms in total. The Labute approximate surface area is 101 Å². The zero-order valence-corrected chi connectivity index (χ0v) is 10.4. The zero-order valence-electron chi connectivity index (χ0n) is 9.58. The average Bonchev–Trinajstić information content (AvgIpc) is 2.24. The number of hydrogen-bond donors (Lipinski definition) is 2. The minimum atomic E-state index is -0.0271. The predicted octanol–water partition coefficient (Wildman–Crippen LogP) is 1.68. The molecule has 4 saturated carbocycles. The van der Waals surface area contributed by atoms with Crippen LogP contribution in [0.3, 0.4) is 0 Å². The maximum Gasteiger partial charge on any atom is 0.243 e. The summed E-state index contributed by atoms with van der Waals surface area (Å²) in [5.74, 6) is 8.53. The van der Waals surface area contributed by atoms with Gasteiger partial charge in [0, 0.05) is 4.75 Å². The third-order valence-electron chi connectivity index (χ3n) is 4.65. The van der Waals surface area contributed by atoms with E-state index in [1.54, 1.807) is 0 Å². The number of thioether (sulfide) groups is 1. The summed E-state index contributed by atoms with van der Waals surface area (Å²) in [4.78, 5) is 11.2. The van der Waals surface area contributed by atoms with Gasteiger partial charge >= 0.3 is 0 Å². The van der Waals surface area contributed by atoms with E-state index in [9.17, 15) is 4.79 Å². The van der Waals surface area contributed by atoms with E-state index in [2.05, 4.69) is 5.43 Å². The molecular weight excluding hydrogens is 220 g/mol. The summed E-state index contributed by atoms with van der Waals surface area (Å²) in [5, 5.41) is 0. The number of carbonyl (C=O) groups excluding carboxylic acids is 1. The minimum absolute atomic E-state index is 0.0271. The molecule has 0 aromatic carbocycles. The van der Waals surface area contributed by atoms with E-state index in [1.165, 1.54) is 38.5 Å². The molecule has 0 atom stereocenters. The summed E-state index contributed by atoms with van der Waals surface area (Å²) >= 11 is 1.87. The fraction of sp³-hybridized carbons (Fsp3) is 0.917. The molecule has 4 fully saturated rings. The van der Waals surface area contributed by atoms with Crippen LogP contribution in [0.2, 0.25) is 0 Å². The second kappa shape index (κ2) is 3.91. The molecule has 0 aliphatic heterocycles. The highest BCUT2D eigenvalue weighted by Crippen LogP contribution is 2.60. The molecule has 4 aliphatic carbocycles. The van der Waals surface area contributed by atoms with Gasteiger partial charge in [-0.05, 0) is 56.3 Å². The van der Waals surface area contributed by atoms with Crippen LogP contribution in [0, 0.1) is 17.8 Å². The molecule has 0 aromatic rings. The molecular formula is C12H20N2OS. The Morgan fingerprint density at radius 1 is 1.19 bits per heavy atom. The third-order valence-corrected chi connectivity index (χ3v) is 6.17. The van der Waals surface area contributed by atoms with E-state index in [-0.39, 0.29) is 5.91 Å². The first-order valence-corrected chi connectivity index (χ1v) is 7.31. The Kier molecular flexibility index (Phi) is 2.67. The molecule has 1 amide bonds. The highest BCUT2D eigenvalue weighted by Gasteiger charge is 2.51. The van der Waals surface area contributed by atoms with Gasteiger partial charge in [0.15, 0.2) is 0 Å². The number of nitrogens with one attached hydrogen (secondary N) is 1. The smallest absolute Gasteiger partial charge is 0.243 e. The van der Waals surface area contributed by atoms with E-state index < -0.39 is 0 Å². The van der Waals surface area contributed by atoms with E-state index in [0.717, 1.165) is 17.8 Å². The molecule has 4 aliphatic rings. The first-order valence-electron chi connectivity index (χ1n) is 6.32. The fourth-order valence-electron chi connectivity index (χ4n) is 4.47. The van der Waals surface area contributed by atoms with Crippen LogP contribution in [0.1, 0.15) is 38.5 Å². The quantitative estimate of drug-likeness (QED) is 0.448. The SMILES string of the molecule is NNC(=O)CSC12CC3CC(CC(C3)C1)C2. The van der Waals surface area contributed by atoms with Gasteiger partial charge in [0.1, 0.15) is 0 Å². The molecule has 4 bridgehead atoms. The molecule has 0 radical (unpaired) electrons. The Morgan fingerprint density at radius 2 is 1.69 bits per heavy atom. The Balaban J connectivity index is 1.67. The predicted molar refractivity (Wildman–Crippen MR) is 65.7 cm³/mol. The first kappa shape index (κ1) is 10.9. The van der Waals surface area contributed by atoms with Gasteiger partial charge in [0.05, 0.1) is 5.75 Å². The third kappa shape index (κ3) is 1.86. The van der Waals surface area contributed by atoms with Crippen LogP contribution in [0.5, 0.6) is 0 Å². The standard InChI is InChI=1S/C12H20N2OS/c13-14-11(15)7-16-12-4-8-1-9(5-12)3-10(2-8)6-12/h8-10H,1-7,13H2,(H,14,15). The second-order valence-electron chi connectivity index (χ2n) is 5.96. The maximum absolute atomic E-state index is 11.2. The van der Waals surface area contributed by atoms with Crippen molar-refractivity contribution in [2.75, 3.05) is 5.75 Å². The number of carbonyl (C=O) groups is 1. The Hall–Kier alpha value is -0.220. The van der Waals surface area contributed by atoms with Gasteiger partial charge in [-0.1, -0.05) is 0 Å². The second-order valence-corrected chi connectivity index (χ2v) is 7.40. The molecule has 0 unspecified atom stereocenters. The molecule has 0 spiro atoms. The molecule has 0 aromatic heterocycles. The van der Waals surface area contributed by atoms with Crippen LogP contribution in [0.15, 0.2) is 0 Å². The topological polar surface area (TPSA) is 55.1 Å². The number of hydrazine groups is 1. The summed E-state index contributed by atoms with van der Waals surface area (Å²) in [6.45, 7) is 0. The van der Waals surface area contributed by atoms with Crippen LogP contribution in [-0.2, 0) is 4.79 Å². The van der Waals surface area contributed by atoms with Gasteiger partial charge in [0.2, 0.25) is 5.91 Å². The lowest BCUT2D eigenvalue weighted by Gasteiger charge is -2.56. The molecule has 4 heteroatoms. The molecule has 4 rings (SSSR count). The monoisotopic (exact) mass is 240 g/mol. The molecule has 0 saturated heterocycles. The zero-order chi connectivity index (χ0) is 11.2. The summed E-state index contributed by atoms with van der Waals surface area (Å²) in [6, 6.07) is 0. The normalized spacial score (nSPS) is 44.7. The average molecular weight is 240 g/mol. The van der Waals surface area contributed by atoms with Crippen LogP contribution in [0.4, 0.5) is 0 Å². The minimum Gasteiger partial charge on any atom is -0.294 e. The van der Waals surface area contributed by atoms with Crippen LogP contribution >= 0.6 is 11.8 Å². The number of rotatable bonds is 3. The summed E-state index contributed by atoms with van der Waals surface area (Å²) in [5.41, 5.74) is 2.24. The highest BCUT2D eigenvalue weighted by molar-refractivity contribution is 8.01. The van der Waals surface area contributed by atoms with Crippen LogP contribution in [-0.4, -0.2) is 16.4 Å². The van der Waals surface area contributed by atoms with Crippen molar-refractivity contribution in [2.24, 2.45) is 23.6 Å². The van der Waals surface area contributed by atoms with Crippen molar-refractivity contribution in [1.29, 1.82) is 0 Å². The van der Waals surface area contributed by atoms with Gasteiger partial charge in [0.25, 0.3) is 0 Å². The van der Waals surface area contributed by atoms with Crippen molar-refractivity contribution < 1.29 is 4.79 Å². The molecule has 16 heavy (non-hydrogen) atoms. The molecule has 90 valence electrons. The first-order chi connectivity index (χ1) is 7.69. The van der Waals surface area contributed by atoms with Gasteiger partial charge in [-0.3, -0.25) is 10.2 Å². The highest BCUT2D eigenvalue weighted by atomic mass is 32.2. The van der Waals surface area contributed by atoms with Crippen molar-refractivity contribution in [3.05, 3.63) is 0 Å². The lowest BCUT2D eigenvalue weighted by Crippen LogP contribution is -2.49. The van der Waals surface area contributed by atoms with Gasteiger partial charge in [-0.15, -0.1) is 11.8 Å². The Bertz CT molecular complexity index is 270. The summed E-state index contributed by atoms with van der Waals surface area (Å²) < 4.78 is 0.432. The Morgan fingerprint density at radius 3 is 2.12 bits per heavy atom. The van der Waals surface area contributed by atoms with Gasteiger partial charge < -0.3 is 0 Å². The number of amides is 1. The fourth-order valence-corrected chi connectivity index (χ4v) is 6.05. The van der Waals surface area contributed by atoms with Gasteiger partial charge in [-0.25, -0.2) is 5.84 Å². The summed E-state index contributed by atoms with van der Waals surface area (Å²) in [6.07, 6.45) is 8.43. The van der Waals surface area contributed by atoms with E-state index in [1.807, 2.05) is 11.8 Å². The van der Waals surface area contributed by atoms with E-state index in [0.29, 0.717) is 10.5 Å². The van der Waals surface area contributed by atoms with E-state index >= 15 is 0 Å². The lowest BCUT2D eigenvalue weighted by atomic mass is 9.56.